The molecule has 4 aromatic rings. The van der Waals surface area contributed by atoms with Crippen LogP contribution in [-0.2, 0) is 11.2 Å². The Balaban J connectivity index is 2.00. The molecule has 0 unspecified atom stereocenters. The lowest BCUT2D eigenvalue weighted by atomic mass is 10.1. The van der Waals surface area contributed by atoms with E-state index in [9.17, 15) is 4.79 Å². The summed E-state index contributed by atoms with van der Waals surface area (Å²) in [7, 11) is 0. The van der Waals surface area contributed by atoms with E-state index >= 15 is 0 Å². The molecule has 0 atom stereocenters. The van der Waals surface area contributed by atoms with Crippen LogP contribution in [0.5, 0.6) is 0 Å². The number of ether oxygens (including phenoxy) is 1. The van der Waals surface area contributed by atoms with Gasteiger partial charge in [-0.2, -0.15) is 0 Å². The first-order chi connectivity index (χ1) is 15.1. The summed E-state index contributed by atoms with van der Waals surface area (Å²) in [5.74, 6) is 0.221. The van der Waals surface area contributed by atoms with Gasteiger partial charge < -0.3 is 4.74 Å². The summed E-state index contributed by atoms with van der Waals surface area (Å²) in [6.45, 7) is 2.03. The van der Waals surface area contributed by atoms with Crippen LogP contribution in [0.25, 0.3) is 16.9 Å². The van der Waals surface area contributed by atoms with Crippen molar-refractivity contribution >= 4 is 29.2 Å². The zero-order valence-electron chi connectivity index (χ0n) is 16.9. The Labute approximate surface area is 191 Å². The number of halogens is 2. The van der Waals surface area contributed by atoms with Crippen LogP contribution in [0.4, 0.5) is 0 Å². The smallest absolute Gasteiger partial charge is 0.359 e. The van der Waals surface area contributed by atoms with Gasteiger partial charge in [0.2, 0.25) is 0 Å². The lowest BCUT2D eigenvalue weighted by molar-refractivity contribution is 0.0521. The largest absolute Gasteiger partial charge is 0.461 e. The summed E-state index contributed by atoms with van der Waals surface area (Å²) in [6.07, 6.45) is 0.528. The van der Waals surface area contributed by atoms with Crippen LogP contribution in [0.3, 0.4) is 0 Å². The number of carbonyl (C=O) groups is 1. The second kappa shape index (κ2) is 9.38. The zero-order valence-corrected chi connectivity index (χ0v) is 18.4. The maximum Gasteiger partial charge on any atom is 0.359 e. The summed E-state index contributed by atoms with van der Waals surface area (Å²) < 4.78 is 7.28. The minimum atomic E-state index is -0.479. The summed E-state index contributed by atoms with van der Waals surface area (Å²) in [5, 5.41) is 1.15. The number of imidazole rings is 1. The lowest BCUT2D eigenvalue weighted by Gasteiger charge is -2.14. The Kier molecular flexibility index (Phi) is 6.40. The molecule has 0 saturated carbocycles. The summed E-state index contributed by atoms with van der Waals surface area (Å²) >= 11 is 12.6. The van der Waals surface area contributed by atoms with Crippen LogP contribution < -0.4 is 0 Å². The predicted molar refractivity (Wildman–Crippen MR) is 124 cm³/mol. The highest BCUT2D eigenvalue weighted by atomic mass is 35.5. The lowest BCUT2D eigenvalue weighted by Crippen LogP contribution is -2.08. The molecule has 0 amide bonds. The molecule has 31 heavy (non-hydrogen) atoms. The molecule has 4 nitrogen and oxygen atoms in total. The first-order valence-electron chi connectivity index (χ1n) is 9.91. The average Bonchev–Trinajstić information content (AvgIpc) is 3.14. The molecule has 1 aromatic heterocycles. The van der Waals surface area contributed by atoms with E-state index < -0.39 is 5.97 Å². The minimum Gasteiger partial charge on any atom is -0.461 e. The topological polar surface area (TPSA) is 44.1 Å². The standard InChI is InChI=1S/C25H20Cl2N2O2/c1-2-31-25(30)23-24(18-10-6-11-19(26)15-18)29(21-13-7-12-20(27)16-21)22(28-23)14-17-8-4-3-5-9-17/h3-13,15-16H,2,14H2,1H3. The number of esters is 1. The van der Waals surface area contributed by atoms with Crippen LogP contribution in [0, 0.1) is 0 Å². The third-order valence-corrected chi connectivity index (χ3v) is 5.26. The molecular weight excluding hydrogens is 431 g/mol. The van der Waals surface area contributed by atoms with Gasteiger partial charge in [0.1, 0.15) is 5.82 Å². The third-order valence-electron chi connectivity index (χ3n) is 4.79. The van der Waals surface area contributed by atoms with Gasteiger partial charge in [-0.1, -0.05) is 71.7 Å². The first kappa shape index (κ1) is 21.2. The molecule has 0 N–H and O–H groups in total. The summed E-state index contributed by atoms with van der Waals surface area (Å²) in [6, 6.07) is 24.8. The van der Waals surface area contributed by atoms with E-state index in [-0.39, 0.29) is 12.3 Å². The average molecular weight is 451 g/mol. The van der Waals surface area contributed by atoms with Crippen molar-refractivity contribution < 1.29 is 9.53 Å². The van der Waals surface area contributed by atoms with Crippen molar-refractivity contribution in [3.8, 4) is 16.9 Å². The highest BCUT2D eigenvalue weighted by Gasteiger charge is 2.26. The molecule has 0 radical (unpaired) electrons. The molecule has 0 saturated heterocycles. The maximum absolute atomic E-state index is 12.9. The van der Waals surface area contributed by atoms with Gasteiger partial charge in [0.25, 0.3) is 0 Å². The fourth-order valence-corrected chi connectivity index (χ4v) is 3.88. The van der Waals surface area contributed by atoms with Gasteiger partial charge in [0.05, 0.1) is 12.3 Å². The molecule has 1 heterocycles. The van der Waals surface area contributed by atoms with E-state index in [0.29, 0.717) is 28.0 Å². The van der Waals surface area contributed by atoms with Crippen molar-refractivity contribution in [1.29, 1.82) is 0 Å². The van der Waals surface area contributed by atoms with E-state index in [1.165, 1.54) is 0 Å². The number of nitrogens with zero attached hydrogens (tertiary/aromatic N) is 2. The number of benzene rings is 3. The second-order valence-electron chi connectivity index (χ2n) is 6.93. The number of hydrogen-bond donors (Lipinski definition) is 0. The third kappa shape index (κ3) is 4.66. The number of hydrogen-bond acceptors (Lipinski definition) is 3. The predicted octanol–water partition coefficient (Wildman–Crippen LogP) is 6.61. The molecule has 0 fully saturated rings. The Hall–Kier alpha value is -3.08. The van der Waals surface area contributed by atoms with Crippen LogP contribution in [-0.4, -0.2) is 22.1 Å². The quantitative estimate of drug-likeness (QED) is 0.310. The van der Waals surface area contributed by atoms with Gasteiger partial charge in [-0.05, 0) is 42.8 Å². The van der Waals surface area contributed by atoms with Gasteiger partial charge in [0, 0.05) is 27.7 Å². The minimum absolute atomic E-state index is 0.245. The summed E-state index contributed by atoms with van der Waals surface area (Å²) in [5.41, 5.74) is 3.51. The Bertz CT molecular complexity index is 1220. The maximum atomic E-state index is 12.9. The molecule has 0 aliphatic heterocycles. The van der Waals surface area contributed by atoms with Crippen molar-refractivity contribution in [1.82, 2.24) is 9.55 Å². The van der Waals surface area contributed by atoms with E-state index in [2.05, 4.69) is 0 Å². The Morgan fingerprint density at radius 1 is 0.935 bits per heavy atom. The van der Waals surface area contributed by atoms with E-state index in [1.54, 1.807) is 13.0 Å². The van der Waals surface area contributed by atoms with Gasteiger partial charge in [-0.15, -0.1) is 0 Å². The van der Waals surface area contributed by atoms with Crippen LogP contribution in [0.2, 0.25) is 10.0 Å². The van der Waals surface area contributed by atoms with E-state index in [4.69, 9.17) is 32.9 Å². The first-order valence-corrected chi connectivity index (χ1v) is 10.7. The normalized spacial score (nSPS) is 10.8. The van der Waals surface area contributed by atoms with Gasteiger partial charge in [-0.25, -0.2) is 9.78 Å². The second-order valence-corrected chi connectivity index (χ2v) is 7.81. The molecule has 0 bridgehead atoms. The van der Waals surface area contributed by atoms with Crippen LogP contribution in [0.15, 0.2) is 78.9 Å². The fourth-order valence-electron chi connectivity index (χ4n) is 3.50. The number of rotatable bonds is 6. The molecule has 0 spiro atoms. The number of aromatic nitrogens is 2. The molecule has 6 heteroatoms. The van der Waals surface area contributed by atoms with E-state index in [1.807, 2.05) is 77.4 Å². The summed E-state index contributed by atoms with van der Waals surface area (Å²) in [4.78, 5) is 17.6. The van der Waals surface area contributed by atoms with Gasteiger partial charge >= 0.3 is 5.97 Å². The van der Waals surface area contributed by atoms with Crippen molar-refractivity contribution in [2.75, 3.05) is 6.61 Å². The highest BCUT2D eigenvalue weighted by molar-refractivity contribution is 6.31. The fraction of sp³-hybridized carbons (Fsp3) is 0.120. The van der Waals surface area contributed by atoms with Crippen molar-refractivity contribution in [3.05, 3.63) is 106 Å². The van der Waals surface area contributed by atoms with Crippen LogP contribution >= 0.6 is 23.2 Å². The van der Waals surface area contributed by atoms with Gasteiger partial charge in [0.15, 0.2) is 5.69 Å². The molecular formula is C25H20Cl2N2O2. The van der Waals surface area contributed by atoms with Crippen molar-refractivity contribution in [2.45, 2.75) is 13.3 Å². The Morgan fingerprint density at radius 2 is 1.65 bits per heavy atom. The van der Waals surface area contributed by atoms with E-state index in [0.717, 1.165) is 16.8 Å². The monoisotopic (exact) mass is 450 g/mol. The molecule has 0 aliphatic carbocycles. The van der Waals surface area contributed by atoms with Gasteiger partial charge in [-0.3, -0.25) is 4.57 Å². The Morgan fingerprint density at radius 3 is 2.32 bits per heavy atom. The molecule has 4 rings (SSSR count). The zero-order chi connectivity index (χ0) is 21.8. The van der Waals surface area contributed by atoms with Crippen molar-refractivity contribution in [3.63, 3.8) is 0 Å². The molecule has 156 valence electrons. The van der Waals surface area contributed by atoms with Crippen LogP contribution in [0.1, 0.15) is 28.8 Å². The molecule has 0 aliphatic rings. The SMILES string of the molecule is CCOC(=O)c1nc(Cc2ccccc2)n(-c2cccc(Cl)c2)c1-c1cccc(Cl)c1. The highest BCUT2D eigenvalue weighted by Crippen LogP contribution is 2.32. The van der Waals surface area contributed by atoms with Crippen molar-refractivity contribution in [2.24, 2.45) is 0 Å². The molecule has 3 aromatic carbocycles. The number of carbonyl (C=O) groups excluding carboxylic acids is 1.